The quantitative estimate of drug-likeness (QED) is 0.121. The van der Waals surface area contributed by atoms with Gasteiger partial charge in [0, 0.05) is 61.5 Å². The van der Waals surface area contributed by atoms with Crippen molar-refractivity contribution in [3.63, 3.8) is 0 Å². The Morgan fingerprint density at radius 1 is 0.851 bits per heavy atom. The first-order valence-corrected chi connectivity index (χ1v) is 18.5. The Labute approximate surface area is 281 Å². The van der Waals surface area contributed by atoms with E-state index in [1.165, 1.54) is 89.9 Å². The number of amides is 3. The molecule has 0 radical (unpaired) electrons. The summed E-state index contributed by atoms with van der Waals surface area (Å²) in [6.45, 7) is 5.36. The molecule has 3 aliphatic heterocycles. The van der Waals surface area contributed by atoms with Crippen LogP contribution in [0.3, 0.4) is 0 Å². The third-order valence-corrected chi connectivity index (χ3v) is 10.3. The summed E-state index contributed by atoms with van der Waals surface area (Å²) in [5.41, 5.74) is 10.5. The summed E-state index contributed by atoms with van der Waals surface area (Å²) >= 11 is 0. The minimum atomic E-state index is -0.652. The number of aromatic nitrogens is 1. The number of carbonyl (C=O) groups excluding carboxylic acids is 3. The molecular formula is C38H56N6O3. The van der Waals surface area contributed by atoms with Gasteiger partial charge in [0.05, 0.1) is 5.69 Å². The maximum absolute atomic E-state index is 13.4. The number of nitrogen functional groups attached to an aromatic ring is 1. The lowest BCUT2D eigenvalue weighted by molar-refractivity contribution is -0.136. The van der Waals surface area contributed by atoms with Crippen LogP contribution in [0.15, 0.2) is 30.3 Å². The number of nitrogens with one attached hydrogen (secondary N) is 2. The number of benzene rings is 1. The number of nitrogens with two attached hydrogens (primary N) is 1. The van der Waals surface area contributed by atoms with Gasteiger partial charge in [-0.15, -0.1) is 0 Å². The van der Waals surface area contributed by atoms with Gasteiger partial charge in [0.1, 0.15) is 11.9 Å². The highest BCUT2D eigenvalue weighted by Gasteiger charge is 2.40. The van der Waals surface area contributed by atoms with E-state index in [9.17, 15) is 14.4 Å². The molecule has 9 heteroatoms. The fourth-order valence-corrected chi connectivity index (χ4v) is 7.60. The van der Waals surface area contributed by atoms with Crippen molar-refractivity contribution < 1.29 is 14.4 Å². The molecule has 2 unspecified atom stereocenters. The largest absolute Gasteiger partial charge is 0.384 e. The van der Waals surface area contributed by atoms with E-state index in [4.69, 9.17) is 10.7 Å². The zero-order chi connectivity index (χ0) is 33.0. The van der Waals surface area contributed by atoms with Crippen molar-refractivity contribution in [2.24, 2.45) is 0 Å². The zero-order valence-corrected chi connectivity index (χ0v) is 28.5. The first kappa shape index (κ1) is 34.9. The van der Waals surface area contributed by atoms with E-state index < -0.39 is 11.9 Å². The highest BCUT2D eigenvalue weighted by atomic mass is 16.2. The number of pyridine rings is 1. The second-order valence-electron chi connectivity index (χ2n) is 13.8. The zero-order valence-electron chi connectivity index (χ0n) is 28.5. The molecule has 5 rings (SSSR count). The van der Waals surface area contributed by atoms with Crippen LogP contribution in [-0.4, -0.2) is 59.3 Å². The van der Waals surface area contributed by atoms with Crippen molar-refractivity contribution in [2.75, 3.05) is 30.3 Å². The highest BCUT2D eigenvalue weighted by molar-refractivity contribution is 6.06. The van der Waals surface area contributed by atoms with Crippen LogP contribution in [0.4, 0.5) is 11.5 Å². The van der Waals surface area contributed by atoms with E-state index in [1.54, 1.807) is 4.90 Å². The number of carbonyl (C=O) groups is 3. The average Bonchev–Trinajstić information content (AvgIpc) is 3.40. The summed E-state index contributed by atoms with van der Waals surface area (Å²) in [5, 5.41) is 5.98. The van der Waals surface area contributed by atoms with Gasteiger partial charge in [0.25, 0.3) is 5.91 Å². The van der Waals surface area contributed by atoms with Gasteiger partial charge in [0.15, 0.2) is 0 Å². The van der Waals surface area contributed by atoms with Gasteiger partial charge in [-0.3, -0.25) is 19.7 Å². The van der Waals surface area contributed by atoms with Crippen LogP contribution in [0.1, 0.15) is 132 Å². The summed E-state index contributed by atoms with van der Waals surface area (Å²) in [7, 11) is 0. The van der Waals surface area contributed by atoms with Gasteiger partial charge in [-0.05, 0) is 30.5 Å². The number of fused-ring (bicyclic) bond motifs is 1. The Hall–Kier alpha value is -3.46. The van der Waals surface area contributed by atoms with Crippen molar-refractivity contribution in [2.45, 2.75) is 135 Å². The summed E-state index contributed by atoms with van der Waals surface area (Å²) in [6.07, 6.45) is 20.8. The van der Waals surface area contributed by atoms with Crippen LogP contribution in [0, 0.1) is 0 Å². The van der Waals surface area contributed by atoms with Crippen LogP contribution < -0.4 is 21.3 Å². The number of rotatable bonds is 18. The predicted molar refractivity (Wildman–Crippen MR) is 189 cm³/mol. The Morgan fingerprint density at radius 2 is 1.51 bits per heavy atom. The molecule has 9 nitrogen and oxygen atoms in total. The van der Waals surface area contributed by atoms with Gasteiger partial charge in [-0.25, -0.2) is 4.98 Å². The lowest BCUT2D eigenvalue weighted by Gasteiger charge is -2.38. The number of hydrogen-bond acceptors (Lipinski definition) is 7. The van der Waals surface area contributed by atoms with Crippen molar-refractivity contribution in [1.29, 1.82) is 0 Å². The Morgan fingerprint density at radius 3 is 2.19 bits per heavy atom. The number of imide groups is 1. The van der Waals surface area contributed by atoms with E-state index in [2.05, 4.69) is 28.5 Å². The monoisotopic (exact) mass is 644 g/mol. The molecule has 2 fully saturated rings. The van der Waals surface area contributed by atoms with Crippen molar-refractivity contribution in [1.82, 2.24) is 20.5 Å². The molecule has 47 heavy (non-hydrogen) atoms. The van der Waals surface area contributed by atoms with Crippen LogP contribution in [0.25, 0.3) is 11.3 Å². The molecule has 0 spiro atoms. The Balaban J connectivity index is 1.13. The Bertz CT molecular complexity index is 1360. The van der Waals surface area contributed by atoms with Gasteiger partial charge in [0.2, 0.25) is 11.8 Å². The van der Waals surface area contributed by atoms with Crippen LogP contribution in [0.2, 0.25) is 0 Å². The molecule has 0 aliphatic carbocycles. The molecule has 3 aliphatic rings. The lowest BCUT2D eigenvalue weighted by Crippen LogP contribution is -2.52. The molecule has 4 N–H and O–H groups in total. The maximum Gasteiger partial charge on any atom is 0.255 e. The summed E-state index contributed by atoms with van der Waals surface area (Å²) < 4.78 is 0. The van der Waals surface area contributed by atoms with Gasteiger partial charge < -0.3 is 20.9 Å². The maximum atomic E-state index is 13.4. The second-order valence-corrected chi connectivity index (χ2v) is 13.8. The molecule has 4 heterocycles. The van der Waals surface area contributed by atoms with Crippen LogP contribution in [-0.2, 0) is 16.1 Å². The molecule has 2 saturated heterocycles. The molecule has 3 amide bonds. The molecule has 0 saturated carbocycles. The van der Waals surface area contributed by atoms with Gasteiger partial charge in [-0.1, -0.05) is 109 Å². The fourth-order valence-electron chi connectivity index (χ4n) is 7.60. The lowest BCUT2D eigenvalue weighted by atomic mass is 9.99. The van der Waals surface area contributed by atoms with Crippen molar-refractivity contribution >= 4 is 29.2 Å². The standard InChI is InChI=1S/C38H56N6O3/c1-2-3-4-5-6-7-8-9-10-11-12-13-14-15-17-28-26-40-22-23-43(28)29-24-33(41-35(39)25-29)30-18-16-19-31-32(30)27-44(38(31)47)34-20-21-36(45)42-37(34)46/h16,18-19,24-25,28,34,40H,2-15,17,20-23,26-27H2,1H3,(H2,39,41)(H,42,45,46). The first-order valence-electron chi connectivity index (χ1n) is 18.5. The van der Waals surface area contributed by atoms with E-state index in [1.807, 2.05) is 24.3 Å². The number of piperazine rings is 1. The van der Waals surface area contributed by atoms with E-state index in [-0.39, 0.29) is 18.2 Å². The topological polar surface area (TPSA) is 121 Å². The molecular weight excluding hydrogens is 588 g/mol. The summed E-state index contributed by atoms with van der Waals surface area (Å²) in [6, 6.07) is 9.47. The normalized spacial score (nSPS) is 19.7. The third-order valence-electron chi connectivity index (χ3n) is 10.3. The summed E-state index contributed by atoms with van der Waals surface area (Å²) in [4.78, 5) is 46.5. The number of piperidine rings is 1. The second kappa shape index (κ2) is 17.6. The Kier molecular flexibility index (Phi) is 13.1. The van der Waals surface area contributed by atoms with Crippen LogP contribution >= 0.6 is 0 Å². The highest BCUT2D eigenvalue weighted by Crippen LogP contribution is 2.36. The third kappa shape index (κ3) is 9.34. The number of hydrogen-bond donors (Lipinski definition) is 3. The minimum absolute atomic E-state index is 0.184. The predicted octanol–water partition coefficient (Wildman–Crippen LogP) is 6.74. The number of unbranched alkanes of at least 4 members (excludes halogenated alkanes) is 13. The molecule has 1 aromatic heterocycles. The van der Waals surface area contributed by atoms with Crippen LogP contribution in [0.5, 0.6) is 0 Å². The van der Waals surface area contributed by atoms with Crippen molar-refractivity contribution in [3.05, 3.63) is 41.5 Å². The van der Waals surface area contributed by atoms with Gasteiger partial charge in [-0.2, -0.15) is 0 Å². The number of anilines is 2. The number of nitrogens with zero attached hydrogens (tertiary/aromatic N) is 3. The molecule has 256 valence electrons. The van der Waals surface area contributed by atoms with E-state index in [0.29, 0.717) is 30.4 Å². The minimum Gasteiger partial charge on any atom is -0.384 e. The smallest absolute Gasteiger partial charge is 0.255 e. The van der Waals surface area contributed by atoms with E-state index >= 15 is 0 Å². The summed E-state index contributed by atoms with van der Waals surface area (Å²) in [5.74, 6) is -0.425. The van der Waals surface area contributed by atoms with E-state index in [0.717, 1.165) is 48.6 Å². The SMILES string of the molecule is CCCCCCCCCCCCCCCCC1CNCCN1c1cc(N)nc(-c2cccc3c2CN(C2CCC(=O)NC2=O)C3=O)c1. The average molecular weight is 645 g/mol. The first-order chi connectivity index (χ1) is 23.0. The molecule has 0 bridgehead atoms. The van der Waals surface area contributed by atoms with Gasteiger partial charge >= 0.3 is 0 Å². The molecule has 2 atom stereocenters. The molecule has 2 aromatic rings. The van der Waals surface area contributed by atoms with Crippen molar-refractivity contribution in [3.8, 4) is 11.3 Å². The molecule has 1 aromatic carbocycles. The fraction of sp³-hybridized carbons (Fsp3) is 0.632.